The number of anilines is 1. The van der Waals surface area contributed by atoms with Crippen LogP contribution >= 0.6 is 0 Å². The second-order valence-corrected chi connectivity index (χ2v) is 7.37. The first-order chi connectivity index (χ1) is 9.83. The molecule has 2 fully saturated rings. The average molecular weight is 295 g/mol. The second-order valence-electron chi connectivity index (χ2n) is 7.37. The van der Waals surface area contributed by atoms with Crippen LogP contribution in [-0.4, -0.2) is 12.7 Å². The van der Waals surface area contributed by atoms with Crippen LogP contribution < -0.4 is 10.1 Å². The molecule has 1 N–H and O–H groups in total. The molecule has 3 rings (SSSR count). The minimum absolute atomic E-state index is 0.172. The summed E-state index contributed by atoms with van der Waals surface area (Å²) in [6, 6.07) is 7.27. The van der Waals surface area contributed by atoms with Crippen molar-refractivity contribution in [1.29, 1.82) is 0 Å². The molecule has 0 aromatic heterocycles. The fourth-order valence-electron chi connectivity index (χ4n) is 4.60. The third kappa shape index (κ3) is 2.39. The van der Waals surface area contributed by atoms with Crippen LogP contribution in [0.5, 0.6) is 5.75 Å². The first-order valence-corrected chi connectivity index (χ1v) is 7.63. The minimum atomic E-state index is -2.79. The summed E-state index contributed by atoms with van der Waals surface area (Å²) in [5, 5.41) is 3.52. The zero-order valence-corrected chi connectivity index (χ0v) is 12.8. The first kappa shape index (κ1) is 14.6. The van der Waals surface area contributed by atoms with Crippen LogP contribution in [0.3, 0.4) is 0 Å². The van der Waals surface area contributed by atoms with Gasteiger partial charge in [0.1, 0.15) is 5.75 Å². The molecule has 1 aromatic rings. The van der Waals surface area contributed by atoms with Gasteiger partial charge in [0.2, 0.25) is 0 Å². The number of fused-ring (bicyclic) bond motifs is 2. The predicted molar refractivity (Wildman–Crippen MR) is 79.7 cm³/mol. The molecule has 0 aliphatic heterocycles. The van der Waals surface area contributed by atoms with Gasteiger partial charge in [0.25, 0.3) is 0 Å². The lowest BCUT2D eigenvalue weighted by atomic mass is 9.68. The first-order valence-electron chi connectivity index (χ1n) is 7.63. The summed E-state index contributed by atoms with van der Waals surface area (Å²) < 4.78 is 29.7. The Hall–Kier alpha value is -1.32. The van der Waals surface area contributed by atoms with E-state index >= 15 is 0 Å². The maximum atomic E-state index is 12.5. The van der Waals surface area contributed by atoms with Gasteiger partial charge in [0.15, 0.2) is 0 Å². The molecule has 0 heterocycles. The summed E-state index contributed by atoms with van der Waals surface area (Å²) in [6.07, 6.45) is 3.70. The summed E-state index contributed by atoms with van der Waals surface area (Å²) in [7, 11) is 0. The van der Waals surface area contributed by atoms with Crippen molar-refractivity contribution in [3.63, 3.8) is 0 Å². The van der Waals surface area contributed by atoms with E-state index in [0.29, 0.717) is 11.6 Å². The topological polar surface area (TPSA) is 21.3 Å². The van der Waals surface area contributed by atoms with Crippen LogP contribution in [0.2, 0.25) is 0 Å². The molecule has 3 atom stereocenters. The van der Waals surface area contributed by atoms with Crippen LogP contribution in [-0.2, 0) is 0 Å². The van der Waals surface area contributed by atoms with Crippen molar-refractivity contribution in [2.24, 2.45) is 16.7 Å². The smallest absolute Gasteiger partial charge is 0.387 e. The van der Waals surface area contributed by atoms with Crippen molar-refractivity contribution in [3.8, 4) is 5.75 Å². The highest BCUT2D eigenvalue weighted by atomic mass is 19.3. The van der Waals surface area contributed by atoms with E-state index in [-0.39, 0.29) is 22.6 Å². The number of benzene rings is 1. The van der Waals surface area contributed by atoms with Gasteiger partial charge in [0, 0.05) is 6.04 Å². The van der Waals surface area contributed by atoms with Gasteiger partial charge in [-0.05, 0) is 48.1 Å². The van der Waals surface area contributed by atoms with Gasteiger partial charge in [0.05, 0.1) is 5.69 Å². The molecular formula is C17H23F2NO. The van der Waals surface area contributed by atoms with E-state index in [4.69, 9.17) is 0 Å². The molecule has 2 saturated carbocycles. The van der Waals surface area contributed by atoms with Crippen molar-refractivity contribution >= 4 is 5.69 Å². The van der Waals surface area contributed by atoms with Crippen LogP contribution in [0, 0.1) is 16.7 Å². The Labute approximate surface area is 124 Å². The maximum absolute atomic E-state index is 12.5. The SMILES string of the molecule is CC1(C)C(Nc2ccccc2OC(F)F)[C@]2(C)CC[C@H]1C2. The van der Waals surface area contributed by atoms with Crippen molar-refractivity contribution in [2.75, 3.05) is 5.32 Å². The molecule has 0 spiro atoms. The van der Waals surface area contributed by atoms with Gasteiger partial charge in [-0.1, -0.05) is 32.9 Å². The molecule has 1 aromatic carbocycles. The van der Waals surface area contributed by atoms with E-state index in [2.05, 4.69) is 30.8 Å². The lowest BCUT2D eigenvalue weighted by Crippen LogP contribution is -2.45. The van der Waals surface area contributed by atoms with Gasteiger partial charge in [-0.3, -0.25) is 0 Å². The van der Waals surface area contributed by atoms with Crippen molar-refractivity contribution in [3.05, 3.63) is 24.3 Å². The molecule has 0 saturated heterocycles. The second kappa shape index (κ2) is 4.85. The van der Waals surface area contributed by atoms with E-state index in [1.165, 1.54) is 19.3 Å². The third-order valence-corrected chi connectivity index (χ3v) is 5.67. The van der Waals surface area contributed by atoms with Crippen LogP contribution in [0.25, 0.3) is 0 Å². The van der Waals surface area contributed by atoms with Crippen LogP contribution in [0.4, 0.5) is 14.5 Å². The number of rotatable bonds is 4. The zero-order chi connectivity index (χ0) is 15.3. The molecule has 0 radical (unpaired) electrons. The number of hydrogen-bond donors (Lipinski definition) is 1. The van der Waals surface area contributed by atoms with E-state index in [1.54, 1.807) is 12.1 Å². The number of para-hydroxylation sites is 2. The highest BCUT2D eigenvalue weighted by molar-refractivity contribution is 5.57. The predicted octanol–water partition coefficient (Wildman–Crippen LogP) is 4.91. The molecule has 2 aliphatic rings. The molecule has 2 nitrogen and oxygen atoms in total. The summed E-state index contributed by atoms with van der Waals surface area (Å²) in [6.45, 7) is 4.10. The standard InChI is InChI=1S/C17H23F2NO/c1-16(2)11-8-9-17(3,10-11)14(16)20-12-6-4-5-7-13(12)21-15(18)19/h4-7,11,14-15,20H,8-10H2,1-3H3/t11-,14?,17+/m0/s1. The van der Waals surface area contributed by atoms with E-state index < -0.39 is 6.61 Å². The Balaban J connectivity index is 1.87. The lowest BCUT2D eigenvalue weighted by Gasteiger charge is -2.43. The molecule has 2 aliphatic carbocycles. The van der Waals surface area contributed by atoms with Crippen LogP contribution in [0.15, 0.2) is 24.3 Å². The molecule has 2 bridgehead atoms. The molecular weight excluding hydrogens is 272 g/mol. The molecule has 0 amide bonds. The number of ether oxygens (including phenoxy) is 1. The van der Waals surface area contributed by atoms with Crippen LogP contribution in [0.1, 0.15) is 40.0 Å². The monoisotopic (exact) mass is 295 g/mol. The Bertz CT molecular complexity index is 527. The largest absolute Gasteiger partial charge is 0.433 e. The van der Waals surface area contributed by atoms with Gasteiger partial charge in [-0.25, -0.2) is 0 Å². The average Bonchev–Trinajstić information content (AvgIpc) is 2.87. The number of alkyl halides is 2. The number of halogens is 2. The van der Waals surface area contributed by atoms with Gasteiger partial charge in [-0.2, -0.15) is 8.78 Å². The van der Waals surface area contributed by atoms with Gasteiger partial charge in [-0.15, -0.1) is 0 Å². The van der Waals surface area contributed by atoms with E-state index in [0.717, 1.165) is 0 Å². The Kier molecular flexibility index (Phi) is 3.38. The number of hydrogen-bond acceptors (Lipinski definition) is 2. The quantitative estimate of drug-likeness (QED) is 0.851. The summed E-state index contributed by atoms with van der Waals surface area (Å²) in [5.74, 6) is 0.942. The van der Waals surface area contributed by atoms with Crippen molar-refractivity contribution in [1.82, 2.24) is 0 Å². The summed E-state index contributed by atoms with van der Waals surface area (Å²) >= 11 is 0. The molecule has 4 heteroatoms. The fourth-order valence-corrected chi connectivity index (χ4v) is 4.60. The van der Waals surface area contributed by atoms with E-state index in [1.807, 2.05) is 12.1 Å². The highest BCUT2D eigenvalue weighted by Gasteiger charge is 2.59. The third-order valence-electron chi connectivity index (χ3n) is 5.67. The lowest BCUT2D eigenvalue weighted by molar-refractivity contribution is -0.0494. The highest BCUT2D eigenvalue weighted by Crippen LogP contribution is 2.63. The molecule has 21 heavy (non-hydrogen) atoms. The Morgan fingerprint density at radius 2 is 1.95 bits per heavy atom. The molecule has 116 valence electrons. The normalized spacial score (nSPS) is 33.4. The van der Waals surface area contributed by atoms with Crippen molar-refractivity contribution in [2.45, 2.75) is 52.7 Å². The summed E-state index contributed by atoms with van der Waals surface area (Å²) in [5.41, 5.74) is 1.08. The Morgan fingerprint density at radius 3 is 2.57 bits per heavy atom. The van der Waals surface area contributed by atoms with Gasteiger partial charge < -0.3 is 10.1 Å². The van der Waals surface area contributed by atoms with E-state index in [9.17, 15) is 8.78 Å². The van der Waals surface area contributed by atoms with Crippen molar-refractivity contribution < 1.29 is 13.5 Å². The Morgan fingerprint density at radius 1 is 1.24 bits per heavy atom. The maximum Gasteiger partial charge on any atom is 0.387 e. The molecule has 1 unspecified atom stereocenters. The van der Waals surface area contributed by atoms with Gasteiger partial charge >= 0.3 is 6.61 Å². The zero-order valence-electron chi connectivity index (χ0n) is 12.8. The minimum Gasteiger partial charge on any atom is -0.433 e. The fraction of sp³-hybridized carbons (Fsp3) is 0.647. The number of nitrogens with one attached hydrogen (secondary N) is 1. The summed E-state index contributed by atoms with van der Waals surface area (Å²) in [4.78, 5) is 0.